The lowest BCUT2D eigenvalue weighted by Crippen LogP contribution is -2.07. The van der Waals surface area contributed by atoms with Crippen LogP contribution in [0.4, 0.5) is 0 Å². The third-order valence-corrected chi connectivity index (χ3v) is 5.29. The van der Waals surface area contributed by atoms with Gasteiger partial charge in [-0.15, -0.1) is 11.6 Å². The Morgan fingerprint density at radius 2 is 1.58 bits per heavy atom. The van der Waals surface area contributed by atoms with Crippen LogP contribution in [0.25, 0.3) is 0 Å². The SMILES string of the molecule is CC(C)c1ccc(S(=O)(=O)CCCCCCCl)cc1. The highest BCUT2D eigenvalue weighted by atomic mass is 35.5. The lowest BCUT2D eigenvalue weighted by atomic mass is 10.0. The molecular formula is C15H23ClO2S. The molecule has 0 fully saturated rings. The highest BCUT2D eigenvalue weighted by Crippen LogP contribution is 2.19. The van der Waals surface area contributed by atoms with Crippen molar-refractivity contribution in [3.05, 3.63) is 29.8 Å². The second-order valence-corrected chi connectivity index (χ2v) is 7.63. The van der Waals surface area contributed by atoms with Gasteiger partial charge >= 0.3 is 0 Å². The molecule has 0 aliphatic carbocycles. The summed E-state index contributed by atoms with van der Waals surface area (Å²) in [5, 5.41) is 0. The van der Waals surface area contributed by atoms with Crippen molar-refractivity contribution in [3.8, 4) is 0 Å². The highest BCUT2D eigenvalue weighted by molar-refractivity contribution is 7.91. The first-order valence-electron chi connectivity index (χ1n) is 6.86. The van der Waals surface area contributed by atoms with Gasteiger partial charge in [-0.3, -0.25) is 0 Å². The van der Waals surface area contributed by atoms with E-state index in [4.69, 9.17) is 11.6 Å². The maximum absolute atomic E-state index is 12.1. The maximum atomic E-state index is 12.1. The summed E-state index contributed by atoms with van der Waals surface area (Å²) in [6, 6.07) is 7.27. The molecule has 0 amide bonds. The maximum Gasteiger partial charge on any atom is 0.178 e. The van der Waals surface area contributed by atoms with Crippen molar-refractivity contribution in [1.29, 1.82) is 0 Å². The number of sulfone groups is 1. The van der Waals surface area contributed by atoms with Crippen LogP contribution >= 0.6 is 11.6 Å². The van der Waals surface area contributed by atoms with Gasteiger partial charge in [-0.25, -0.2) is 8.42 Å². The van der Waals surface area contributed by atoms with Crippen LogP contribution in [-0.2, 0) is 9.84 Å². The predicted octanol–water partition coefficient (Wildman–Crippen LogP) is 4.38. The molecule has 108 valence electrons. The summed E-state index contributed by atoms with van der Waals surface area (Å²) in [6.45, 7) is 4.20. The molecular weight excluding hydrogens is 280 g/mol. The zero-order chi connectivity index (χ0) is 14.3. The summed E-state index contributed by atoms with van der Waals surface area (Å²) in [5.41, 5.74) is 1.17. The number of halogens is 1. The number of unbranched alkanes of at least 4 members (excludes halogenated alkanes) is 3. The normalized spacial score (nSPS) is 12.0. The van der Waals surface area contributed by atoms with Crippen molar-refractivity contribution in [3.63, 3.8) is 0 Å². The first-order valence-corrected chi connectivity index (χ1v) is 9.04. The fourth-order valence-corrected chi connectivity index (χ4v) is 3.48. The third kappa shape index (κ3) is 5.53. The van der Waals surface area contributed by atoms with Crippen LogP contribution in [0.2, 0.25) is 0 Å². The lowest BCUT2D eigenvalue weighted by Gasteiger charge is -2.08. The van der Waals surface area contributed by atoms with E-state index in [0.29, 0.717) is 23.1 Å². The first kappa shape index (κ1) is 16.5. The van der Waals surface area contributed by atoms with E-state index in [2.05, 4.69) is 13.8 Å². The molecule has 0 spiro atoms. The molecule has 0 aromatic heterocycles. The summed E-state index contributed by atoms with van der Waals surface area (Å²) in [6.07, 6.45) is 3.61. The van der Waals surface area contributed by atoms with E-state index in [0.717, 1.165) is 19.3 Å². The zero-order valence-electron chi connectivity index (χ0n) is 11.7. The van der Waals surface area contributed by atoms with E-state index in [1.807, 2.05) is 12.1 Å². The lowest BCUT2D eigenvalue weighted by molar-refractivity contribution is 0.589. The molecule has 0 bridgehead atoms. The number of rotatable bonds is 8. The summed E-state index contributed by atoms with van der Waals surface area (Å²) in [5.74, 6) is 1.31. The van der Waals surface area contributed by atoms with Gasteiger partial charge in [0.2, 0.25) is 0 Å². The van der Waals surface area contributed by atoms with E-state index < -0.39 is 9.84 Å². The van der Waals surface area contributed by atoms with Gasteiger partial charge in [0.05, 0.1) is 10.6 Å². The molecule has 0 saturated carbocycles. The molecule has 0 saturated heterocycles. The largest absolute Gasteiger partial charge is 0.224 e. The van der Waals surface area contributed by atoms with E-state index in [1.165, 1.54) is 5.56 Å². The first-order chi connectivity index (χ1) is 8.97. The summed E-state index contributed by atoms with van der Waals surface area (Å²) in [7, 11) is -3.12. The minimum atomic E-state index is -3.12. The highest BCUT2D eigenvalue weighted by Gasteiger charge is 2.13. The van der Waals surface area contributed by atoms with Gasteiger partial charge in [0.25, 0.3) is 0 Å². The number of hydrogen-bond acceptors (Lipinski definition) is 2. The number of alkyl halides is 1. The quantitative estimate of drug-likeness (QED) is 0.527. The van der Waals surface area contributed by atoms with Crippen LogP contribution in [0, 0.1) is 0 Å². The van der Waals surface area contributed by atoms with Crippen LogP contribution in [0.3, 0.4) is 0 Å². The standard InChI is InChI=1S/C15H23ClO2S/c1-13(2)14-7-9-15(10-8-14)19(17,18)12-6-4-3-5-11-16/h7-10,13H,3-6,11-12H2,1-2H3. The summed E-state index contributed by atoms with van der Waals surface area (Å²) < 4.78 is 24.2. The molecule has 0 aliphatic rings. The molecule has 2 nitrogen and oxygen atoms in total. The van der Waals surface area contributed by atoms with Crippen molar-refractivity contribution in [1.82, 2.24) is 0 Å². The molecule has 0 unspecified atom stereocenters. The van der Waals surface area contributed by atoms with Crippen molar-refractivity contribution >= 4 is 21.4 Å². The molecule has 1 aromatic carbocycles. The average Bonchev–Trinajstić information content (AvgIpc) is 2.38. The summed E-state index contributed by atoms with van der Waals surface area (Å²) >= 11 is 5.59. The van der Waals surface area contributed by atoms with Crippen LogP contribution in [-0.4, -0.2) is 20.1 Å². The van der Waals surface area contributed by atoms with Gasteiger partial charge < -0.3 is 0 Å². The second kappa shape index (κ2) is 7.91. The van der Waals surface area contributed by atoms with E-state index >= 15 is 0 Å². The van der Waals surface area contributed by atoms with Gasteiger partial charge in [0.1, 0.15) is 0 Å². The van der Waals surface area contributed by atoms with Gasteiger partial charge in [-0.1, -0.05) is 38.8 Å². The van der Waals surface area contributed by atoms with Crippen molar-refractivity contribution in [2.24, 2.45) is 0 Å². The molecule has 4 heteroatoms. The fraction of sp³-hybridized carbons (Fsp3) is 0.600. The molecule has 0 aliphatic heterocycles. The van der Waals surface area contributed by atoms with Crippen LogP contribution < -0.4 is 0 Å². The van der Waals surface area contributed by atoms with Crippen LogP contribution in [0.5, 0.6) is 0 Å². The van der Waals surface area contributed by atoms with Crippen molar-refractivity contribution < 1.29 is 8.42 Å². The Balaban J connectivity index is 2.57. The zero-order valence-corrected chi connectivity index (χ0v) is 13.3. The number of benzene rings is 1. The number of hydrogen-bond donors (Lipinski definition) is 0. The van der Waals surface area contributed by atoms with Crippen molar-refractivity contribution in [2.75, 3.05) is 11.6 Å². The minimum absolute atomic E-state index is 0.232. The van der Waals surface area contributed by atoms with E-state index in [9.17, 15) is 8.42 Å². The topological polar surface area (TPSA) is 34.1 Å². The average molecular weight is 303 g/mol. The fourth-order valence-electron chi connectivity index (χ4n) is 1.92. The van der Waals surface area contributed by atoms with Gasteiger partial charge in [-0.05, 0) is 36.5 Å². The molecule has 0 radical (unpaired) electrons. The van der Waals surface area contributed by atoms with Gasteiger partial charge in [0.15, 0.2) is 9.84 Å². The molecule has 0 atom stereocenters. The Kier molecular flexibility index (Phi) is 6.87. The Morgan fingerprint density at radius 1 is 1.00 bits per heavy atom. The van der Waals surface area contributed by atoms with E-state index in [-0.39, 0.29) is 5.75 Å². The predicted molar refractivity (Wildman–Crippen MR) is 81.8 cm³/mol. The molecule has 1 aromatic rings. The molecule has 1 rings (SSSR count). The third-order valence-electron chi connectivity index (χ3n) is 3.20. The monoisotopic (exact) mass is 302 g/mol. The Hall–Kier alpha value is -0.540. The van der Waals surface area contributed by atoms with Gasteiger partial charge in [-0.2, -0.15) is 0 Å². The van der Waals surface area contributed by atoms with Crippen molar-refractivity contribution in [2.45, 2.75) is 50.3 Å². The Bertz CT molecular complexity index is 463. The second-order valence-electron chi connectivity index (χ2n) is 5.15. The van der Waals surface area contributed by atoms with Gasteiger partial charge in [0, 0.05) is 5.88 Å². The Labute approximate surface area is 122 Å². The molecule has 0 N–H and O–H groups in total. The van der Waals surface area contributed by atoms with E-state index in [1.54, 1.807) is 12.1 Å². The van der Waals surface area contributed by atoms with Crippen LogP contribution in [0.1, 0.15) is 51.0 Å². The van der Waals surface area contributed by atoms with Crippen LogP contribution in [0.15, 0.2) is 29.2 Å². The molecule has 19 heavy (non-hydrogen) atoms. The summed E-state index contributed by atoms with van der Waals surface area (Å²) in [4.78, 5) is 0.439. The minimum Gasteiger partial charge on any atom is -0.224 e. The molecule has 0 heterocycles. The smallest absolute Gasteiger partial charge is 0.178 e. The Morgan fingerprint density at radius 3 is 2.11 bits per heavy atom.